The van der Waals surface area contributed by atoms with E-state index in [2.05, 4.69) is 21.2 Å². The van der Waals surface area contributed by atoms with Crippen LogP contribution in [0.15, 0.2) is 28.7 Å². The van der Waals surface area contributed by atoms with Crippen LogP contribution in [0.2, 0.25) is 0 Å². The Bertz CT molecular complexity index is 424. The number of hydrogen-bond acceptors (Lipinski definition) is 2. The molecule has 0 radical (unpaired) electrons. The van der Waals surface area contributed by atoms with E-state index in [0.29, 0.717) is 13.0 Å². The summed E-state index contributed by atoms with van der Waals surface area (Å²) < 4.78 is 42.2. The van der Waals surface area contributed by atoms with Crippen LogP contribution in [0.3, 0.4) is 0 Å². The number of benzene rings is 1. The minimum absolute atomic E-state index is 0.00375. The quantitative estimate of drug-likeness (QED) is 0.743. The molecule has 1 unspecified atom stereocenters. The third kappa shape index (κ3) is 9.11. The summed E-state index contributed by atoms with van der Waals surface area (Å²) in [6, 6.07) is 8.08. The second kappa shape index (κ2) is 8.76. The third-order valence-corrected chi connectivity index (χ3v) is 3.34. The molecule has 0 fully saturated rings. The molecule has 0 spiro atoms. The van der Waals surface area contributed by atoms with Crippen LogP contribution in [-0.4, -0.2) is 32.0 Å². The minimum atomic E-state index is -4.27. The number of nitrogens with one attached hydrogen (secondary N) is 1. The highest BCUT2D eigenvalue weighted by Crippen LogP contribution is 2.18. The first kappa shape index (κ1) is 18.5. The van der Waals surface area contributed by atoms with Crippen LogP contribution in [0, 0.1) is 5.92 Å². The Morgan fingerprint density at radius 1 is 1.29 bits per heavy atom. The third-order valence-electron chi connectivity index (χ3n) is 2.85. The molecule has 21 heavy (non-hydrogen) atoms. The standard InChI is InChI=1S/C15H21BrF3NO/c1-11(2)20-8-13(9-21-10-15(17,18)19)6-12-4-3-5-14(16)7-12/h3-5,7,11,13,20H,6,8-10H2,1-2H3. The Labute approximate surface area is 132 Å². The number of halogens is 4. The minimum Gasteiger partial charge on any atom is -0.372 e. The summed E-state index contributed by atoms with van der Waals surface area (Å²) >= 11 is 3.40. The molecule has 0 saturated heterocycles. The molecule has 1 N–H and O–H groups in total. The lowest BCUT2D eigenvalue weighted by Crippen LogP contribution is -2.33. The molecular formula is C15H21BrF3NO. The summed E-state index contributed by atoms with van der Waals surface area (Å²) in [6.45, 7) is 3.54. The predicted molar refractivity (Wildman–Crippen MR) is 81.3 cm³/mol. The Hall–Kier alpha value is -0.590. The second-order valence-electron chi connectivity index (χ2n) is 5.39. The second-order valence-corrected chi connectivity index (χ2v) is 6.31. The van der Waals surface area contributed by atoms with Gasteiger partial charge in [0.2, 0.25) is 0 Å². The molecule has 0 aliphatic heterocycles. The average Bonchev–Trinajstić information content (AvgIpc) is 2.34. The summed E-state index contributed by atoms with van der Waals surface area (Å²) in [5.41, 5.74) is 1.08. The zero-order valence-electron chi connectivity index (χ0n) is 12.2. The van der Waals surface area contributed by atoms with Gasteiger partial charge >= 0.3 is 6.18 Å². The van der Waals surface area contributed by atoms with Crippen molar-refractivity contribution in [1.29, 1.82) is 0 Å². The fraction of sp³-hybridized carbons (Fsp3) is 0.600. The molecule has 1 aromatic rings. The van der Waals surface area contributed by atoms with Crippen molar-refractivity contribution in [1.82, 2.24) is 5.32 Å². The molecule has 0 heterocycles. The van der Waals surface area contributed by atoms with Gasteiger partial charge in [0.05, 0.1) is 6.61 Å². The average molecular weight is 368 g/mol. The van der Waals surface area contributed by atoms with Crippen molar-refractivity contribution in [3.63, 3.8) is 0 Å². The van der Waals surface area contributed by atoms with Crippen molar-refractivity contribution >= 4 is 15.9 Å². The molecule has 2 nitrogen and oxygen atoms in total. The highest BCUT2D eigenvalue weighted by Gasteiger charge is 2.28. The van der Waals surface area contributed by atoms with Crippen molar-refractivity contribution < 1.29 is 17.9 Å². The summed E-state index contributed by atoms with van der Waals surface area (Å²) in [7, 11) is 0. The molecular weight excluding hydrogens is 347 g/mol. The molecule has 0 amide bonds. The molecule has 0 aliphatic rings. The van der Waals surface area contributed by atoms with Gasteiger partial charge in [-0.05, 0) is 30.0 Å². The zero-order valence-corrected chi connectivity index (χ0v) is 13.8. The molecule has 1 rings (SSSR count). The fourth-order valence-electron chi connectivity index (χ4n) is 1.93. The first-order valence-electron chi connectivity index (χ1n) is 6.88. The molecule has 1 atom stereocenters. The van der Waals surface area contributed by atoms with E-state index in [1.54, 1.807) is 0 Å². The topological polar surface area (TPSA) is 21.3 Å². The maximum absolute atomic E-state index is 12.2. The number of ether oxygens (including phenoxy) is 1. The Kier molecular flexibility index (Phi) is 7.70. The highest BCUT2D eigenvalue weighted by molar-refractivity contribution is 9.10. The van der Waals surface area contributed by atoms with Crippen LogP contribution in [0.5, 0.6) is 0 Å². The van der Waals surface area contributed by atoms with Gasteiger partial charge in [-0.2, -0.15) is 13.2 Å². The van der Waals surface area contributed by atoms with Gasteiger partial charge in [-0.15, -0.1) is 0 Å². The van der Waals surface area contributed by atoms with E-state index in [9.17, 15) is 13.2 Å². The Balaban J connectivity index is 2.55. The maximum atomic E-state index is 12.2. The molecule has 0 aliphatic carbocycles. The lowest BCUT2D eigenvalue weighted by atomic mass is 10.00. The summed E-state index contributed by atoms with van der Waals surface area (Å²) in [5.74, 6) is 0.00375. The summed E-state index contributed by atoms with van der Waals surface area (Å²) in [6.07, 6.45) is -3.59. The van der Waals surface area contributed by atoms with Gasteiger partial charge < -0.3 is 10.1 Å². The molecule has 0 bridgehead atoms. The van der Waals surface area contributed by atoms with Crippen LogP contribution < -0.4 is 5.32 Å². The molecule has 6 heteroatoms. The fourth-order valence-corrected chi connectivity index (χ4v) is 2.38. The first-order chi connectivity index (χ1) is 9.76. The lowest BCUT2D eigenvalue weighted by molar-refractivity contribution is -0.176. The van der Waals surface area contributed by atoms with Gasteiger partial charge in [0.25, 0.3) is 0 Å². The van der Waals surface area contributed by atoms with E-state index >= 15 is 0 Å². The zero-order chi connectivity index (χ0) is 15.9. The summed E-state index contributed by atoms with van der Waals surface area (Å²) in [4.78, 5) is 0. The molecule has 1 aromatic carbocycles. The largest absolute Gasteiger partial charge is 0.411 e. The molecule has 0 saturated carbocycles. The number of rotatable bonds is 8. The molecule has 120 valence electrons. The van der Waals surface area contributed by atoms with Gasteiger partial charge in [0.1, 0.15) is 6.61 Å². The molecule has 0 aromatic heterocycles. The summed E-state index contributed by atoms with van der Waals surface area (Å²) in [5, 5.41) is 3.26. The monoisotopic (exact) mass is 367 g/mol. The van der Waals surface area contributed by atoms with Gasteiger partial charge in [-0.25, -0.2) is 0 Å². The van der Waals surface area contributed by atoms with E-state index in [0.717, 1.165) is 10.0 Å². The van der Waals surface area contributed by atoms with E-state index in [1.165, 1.54) is 0 Å². The van der Waals surface area contributed by atoms with Crippen LogP contribution in [0.1, 0.15) is 19.4 Å². The lowest BCUT2D eigenvalue weighted by Gasteiger charge is -2.20. The number of alkyl halides is 3. The highest BCUT2D eigenvalue weighted by atomic mass is 79.9. The number of hydrogen-bond donors (Lipinski definition) is 1. The van der Waals surface area contributed by atoms with Crippen molar-refractivity contribution in [2.75, 3.05) is 19.8 Å². The van der Waals surface area contributed by atoms with E-state index in [4.69, 9.17) is 4.74 Å². The van der Waals surface area contributed by atoms with Crippen LogP contribution in [-0.2, 0) is 11.2 Å². The van der Waals surface area contributed by atoms with E-state index in [1.807, 2.05) is 38.1 Å². The van der Waals surface area contributed by atoms with E-state index in [-0.39, 0.29) is 18.6 Å². The van der Waals surface area contributed by atoms with Crippen molar-refractivity contribution in [3.8, 4) is 0 Å². The first-order valence-corrected chi connectivity index (χ1v) is 7.68. The Morgan fingerprint density at radius 2 is 2.00 bits per heavy atom. The van der Waals surface area contributed by atoms with Crippen LogP contribution >= 0.6 is 15.9 Å². The van der Waals surface area contributed by atoms with Crippen molar-refractivity contribution in [3.05, 3.63) is 34.3 Å². The predicted octanol–water partition coefficient (Wildman–Crippen LogP) is 4.18. The van der Waals surface area contributed by atoms with Gasteiger partial charge in [0, 0.05) is 17.1 Å². The van der Waals surface area contributed by atoms with Crippen molar-refractivity contribution in [2.24, 2.45) is 5.92 Å². The normalized spacial score (nSPS) is 13.7. The smallest absolute Gasteiger partial charge is 0.372 e. The maximum Gasteiger partial charge on any atom is 0.411 e. The van der Waals surface area contributed by atoms with Gasteiger partial charge in [-0.3, -0.25) is 0 Å². The van der Waals surface area contributed by atoms with E-state index < -0.39 is 12.8 Å². The SMILES string of the molecule is CC(C)NCC(COCC(F)(F)F)Cc1cccc(Br)c1. The van der Waals surface area contributed by atoms with Gasteiger partial charge in [-0.1, -0.05) is 41.9 Å². The van der Waals surface area contributed by atoms with Crippen LogP contribution in [0.4, 0.5) is 13.2 Å². The van der Waals surface area contributed by atoms with Crippen LogP contribution in [0.25, 0.3) is 0 Å². The Morgan fingerprint density at radius 3 is 2.57 bits per heavy atom. The van der Waals surface area contributed by atoms with Crippen molar-refractivity contribution in [2.45, 2.75) is 32.5 Å². The van der Waals surface area contributed by atoms with Gasteiger partial charge in [0.15, 0.2) is 0 Å².